The maximum atomic E-state index is 12.9. The topological polar surface area (TPSA) is 231 Å². The molecule has 0 aromatic heterocycles. The van der Waals surface area contributed by atoms with Gasteiger partial charge in [-0.2, -0.15) is 0 Å². The normalized spacial score (nSPS) is 14.9. The summed E-state index contributed by atoms with van der Waals surface area (Å²) in [4.78, 5) is 58.4. The molecule has 0 aliphatic carbocycles. The number of unbranched alkanes of at least 4 members (excludes halogenated alkanes) is 24. The Morgan fingerprint density at radius 1 is 0.312 bits per heavy atom. The van der Waals surface area contributed by atoms with Crippen LogP contribution >= 0.6 is 15.6 Å². The number of rotatable bonds is 67. The van der Waals surface area contributed by atoms with Gasteiger partial charge in [-0.1, -0.05) is 277 Å². The van der Waals surface area contributed by atoms with Crippen molar-refractivity contribution in [3.63, 3.8) is 0 Å². The lowest BCUT2D eigenvalue weighted by molar-refractivity contribution is -0.161. The van der Waals surface area contributed by atoms with Crippen LogP contribution in [0.5, 0.6) is 0 Å². The average molecular weight is 1350 g/mol. The predicted octanol–water partition coefficient (Wildman–Crippen LogP) is 20.2. The number of hydrogen-bond acceptors (Lipinski definition) is 14. The van der Waals surface area contributed by atoms with E-state index in [2.05, 4.69) is 124 Å². The van der Waals surface area contributed by atoms with Gasteiger partial charge in [-0.25, -0.2) is 9.13 Å². The van der Waals surface area contributed by atoms with Gasteiger partial charge in [0.1, 0.15) is 25.4 Å². The van der Waals surface area contributed by atoms with Gasteiger partial charge in [-0.15, -0.1) is 0 Å². The van der Waals surface area contributed by atoms with Crippen LogP contribution in [0.15, 0.2) is 122 Å². The Hall–Kier alpha value is -4.05. The summed E-state index contributed by atoms with van der Waals surface area (Å²) in [6.07, 6.45) is 78.4. The van der Waals surface area contributed by atoms with Crippen molar-refractivity contribution in [1.29, 1.82) is 0 Å². The second-order valence-corrected chi connectivity index (χ2v) is 26.6. The second kappa shape index (κ2) is 67.9. The number of aliphatic hydroxyl groups is 2. The molecule has 0 amide bonds. The zero-order chi connectivity index (χ0) is 68.1. The average Bonchev–Trinajstić information content (AvgIpc) is 3.74. The second-order valence-electron chi connectivity index (χ2n) is 23.7. The van der Waals surface area contributed by atoms with E-state index >= 15 is 0 Å². The van der Waals surface area contributed by atoms with Crippen molar-refractivity contribution >= 4 is 33.6 Å². The molecule has 0 aliphatic rings. The maximum absolute atomic E-state index is 12.9. The largest absolute Gasteiger partial charge is 0.472 e. The first kappa shape index (κ1) is 89.0. The van der Waals surface area contributed by atoms with E-state index in [1.54, 1.807) is 0 Å². The molecule has 0 bridgehead atoms. The van der Waals surface area contributed by atoms with Crippen LogP contribution < -0.4 is 0 Å². The third kappa shape index (κ3) is 69.1. The minimum Gasteiger partial charge on any atom is -0.463 e. The van der Waals surface area contributed by atoms with Crippen LogP contribution in [-0.4, -0.2) is 95.9 Å². The van der Waals surface area contributed by atoms with Crippen molar-refractivity contribution in [2.24, 2.45) is 0 Å². The first-order valence-corrected chi connectivity index (χ1v) is 38.8. The third-order valence-electron chi connectivity index (χ3n) is 14.7. The zero-order valence-electron chi connectivity index (χ0n) is 57.9. The van der Waals surface area contributed by atoms with Gasteiger partial charge in [-0.3, -0.25) is 32.5 Å². The van der Waals surface area contributed by atoms with Crippen LogP contribution in [0.25, 0.3) is 0 Å². The van der Waals surface area contributed by atoms with E-state index in [1.807, 2.05) is 18.2 Å². The first-order valence-electron chi connectivity index (χ1n) is 35.8. The smallest absolute Gasteiger partial charge is 0.463 e. The molecule has 0 radical (unpaired) electrons. The van der Waals surface area contributed by atoms with Gasteiger partial charge >= 0.3 is 33.6 Å². The van der Waals surface area contributed by atoms with Gasteiger partial charge < -0.3 is 34.2 Å². The molecule has 534 valence electrons. The summed E-state index contributed by atoms with van der Waals surface area (Å²) >= 11 is 0. The van der Waals surface area contributed by atoms with Gasteiger partial charge in [0.15, 0.2) is 6.10 Å². The molecule has 0 saturated heterocycles. The Bertz CT molecular complexity index is 2180. The van der Waals surface area contributed by atoms with E-state index in [-0.39, 0.29) is 19.3 Å². The number of ether oxygens (including phenoxy) is 3. The lowest BCUT2D eigenvalue weighted by Crippen LogP contribution is -2.30. The van der Waals surface area contributed by atoms with E-state index < -0.39 is 91.5 Å². The van der Waals surface area contributed by atoms with Gasteiger partial charge in [0.25, 0.3) is 0 Å². The number of phosphoric acid groups is 2. The van der Waals surface area contributed by atoms with E-state index in [1.165, 1.54) is 103 Å². The monoisotopic (exact) mass is 1350 g/mol. The fourth-order valence-corrected chi connectivity index (χ4v) is 10.8. The molecule has 0 heterocycles. The molecular formula is C75H128O16P2. The van der Waals surface area contributed by atoms with E-state index in [9.17, 15) is 43.5 Å². The lowest BCUT2D eigenvalue weighted by Gasteiger charge is -2.21. The summed E-state index contributed by atoms with van der Waals surface area (Å²) in [5, 5.41) is 20.6. The molecule has 93 heavy (non-hydrogen) atoms. The molecule has 0 aliphatic heterocycles. The molecule has 18 heteroatoms. The van der Waals surface area contributed by atoms with Gasteiger partial charge in [-0.05, 0) is 103 Å². The van der Waals surface area contributed by atoms with Crippen molar-refractivity contribution < 1.29 is 75.8 Å². The number of aliphatic hydroxyl groups excluding tert-OH is 2. The molecule has 0 saturated carbocycles. The van der Waals surface area contributed by atoms with Crippen LogP contribution in [0.2, 0.25) is 0 Å². The van der Waals surface area contributed by atoms with Crippen LogP contribution in [-0.2, 0) is 55.8 Å². The number of carbonyl (C=O) groups is 3. The Kier molecular flexibility index (Phi) is 65.0. The summed E-state index contributed by atoms with van der Waals surface area (Å²) in [5.41, 5.74) is 0. The van der Waals surface area contributed by atoms with Gasteiger partial charge in [0.05, 0.1) is 26.4 Å². The number of esters is 3. The highest BCUT2D eigenvalue weighted by Crippen LogP contribution is 2.45. The molecule has 5 atom stereocenters. The summed E-state index contributed by atoms with van der Waals surface area (Å²) < 4.78 is 60.8. The van der Waals surface area contributed by atoms with Crippen molar-refractivity contribution in [3.05, 3.63) is 122 Å². The summed E-state index contributed by atoms with van der Waals surface area (Å²) in [6.45, 7) is 2.43. The predicted molar refractivity (Wildman–Crippen MR) is 380 cm³/mol. The number of phosphoric ester groups is 2. The van der Waals surface area contributed by atoms with Crippen LogP contribution in [0.1, 0.15) is 278 Å². The molecule has 0 aromatic rings. The molecule has 5 unspecified atom stereocenters. The highest BCUT2D eigenvalue weighted by Gasteiger charge is 2.29. The van der Waals surface area contributed by atoms with Crippen molar-refractivity contribution in [2.45, 2.75) is 296 Å². The van der Waals surface area contributed by atoms with Crippen molar-refractivity contribution in [3.8, 4) is 0 Å². The fraction of sp³-hybridized carbons (Fsp3) is 0.693. The van der Waals surface area contributed by atoms with Crippen LogP contribution in [0.4, 0.5) is 0 Å². The lowest BCUT2D eigenvalue weighted by atomic mass is 10.0. The van der Waals surface area contributed by atoms with Crippen LogP contribution in [0, 0.1) is 0 Å². The molecule has 4 N–H and O–H groups in total. The minimum atomic E-state index is -4.94. The highest BCUT2D eigenvalue weighted by molar-refractivity contribution is 7.47. The third-order valence-corrected chi connectivity index (χ3v) is 16.6. The van der Waals surface area contributed by atoms with Crippen molar-refractivity contribution in [1.82, 2.24) is 0 Å². The molecule has 0 rings (SSSR count). The van der Waals surface area contributed by atoms with Gasteiger partial charge in [0.2, 0.25) is 0 Å². The van der Waals surface area contributed by atoms with Crippen LogP contribution in [0.3, 0.4) is 0 Å². The summed E-state index contributed by atoms with van der Waals surface area (Å²) in [7, 11) is -9.80. The molecular weight excluding hydrogens is 1220 g/mol. The molecule has 0 aromatic carbocycles. The highest BCUT2D eigenvalue weighted by atomic mass is 31.2. The quantitative estimate of drug-likeness (QED) is 0.0146. The Morgan fingerprint density at radius 3 is 0.989 bits per heavy atom. The Morgan fingerprint density at radius 2 is 0.591 bits per heavy atom. The van der Waals surface area contributed by atoms with E-state index in [0.717, 1.165) is 109 Å². The fourth-order valence-electron chi connectivity index (χ4n) is 9.23. The van der Waals surface area contributed by atoms with E-state index in [4.69, 9.17) is 32.3 Å². The standard InChI is InChI=1S/C75H128O16P2/c1-4-7-10-13-16-19-22-25-27-29-31-32-33-34-35-36-38-40-41-44-46-49-52-55-58-61-73(78)85-64-70(76)65-87-92(81,82)88-66-71(77)67-89-93(83,84)90-69-72(91-75(80)63-60-57-54-51-48-43-24-21-18-15-12-9-6-3)68-86-74(79)62-59-56-53-50-47-45-42-39-37-30-28-26-23-20-17-14-11-8-5-2/h8,11,16-17,19-20,25-28,31-32,34-35,37,39,45,47,53,56,70-72,76-77H,4-7,9-10,12-15,18,21-24,29-30,33,36,38,40-44,46,48-52,54-55,57-69H2,1-3H3,(H,81,82)(H,83,84)/b11-8-,19-16-,20-17-,27-25-,28-26-,32-31-,35-34-,39-37-,47-45-,56-53-. The van der Waals surface area contributed by atoms with Gasteiger partial charge in [0, 0.05) is 19.3 Å². The first-order chi connectivity index (χ1) is 45.2. The number of hydrogen-bond donors (Lipinski definition) is 4. The molecule has 0 spiro atoms. The summed E-state index contributed by atoms with van der Waals surface area (Å²) in [5.74, 6) is -1.68. The van der Waals surface area contributed by atoms with E-state index in [0.29, 0.717) is 25.7 Å². The number of carbonyl (C=O) groups excluding carboxylic acids is 3. The SMILES string of the molecule is CC/C=C\C/C=C\C/C=C\C/C=C\C/C=C\C/C=C\CCC(=O)OCC(COP(=O)(O)OCC(O)COP(=O)(O)OCC(O)COC(=O)CCCCCCCCCCC/C=C\C/C=C\C/C=C\C/C=C\CCCCC)OC(=O)CCCCCCCCCCCCCCC. The summed E-state index contributed by atoms with van der Waals surface area (Å²) in [6, 6.07) is 0. The van der Waals surface area contributed by atoms with Crippen molar-refractivity contribution in [2.75, 3.05) is 39.6 Å². The zero-order valence-corrected chi connectivity index (χ0v) is 59.7. The minimum absolute atomic E-state index is 0.0444. The number of allylic oxidation sites excluding steroid dienone is 20. The Balaban J connectivity index is 4.62. The maximum Gasteiger partial charge on any atom is 0.472 e. The Labute approximate surface area is 563 Å². The molecule has 0 fully saturated rings. The molecule has 16 nitrogen and oxygen atoms in total.